The van der Waals surface area contributed by atoms with Crippen molar-refractivity contribution in [1.29, 1.82) is 0 Å². The lowest BCUT2D eigenvalue weighted by Crippen LogP contribution is -2.32. The summed E-state index contributed by atoms with van der Waals surface area (Å²) in [5.74, 6) is 0.671. The first kappa shape index (κ1) is 65.3. The molecule has 3 aromatic carbocycles. The Balaban J connectivity index is 0.807. The topological polar surface area (TPSA) is 313 Å². The first-order valence-electron chi connectivity index (χ1n) is 31.0. The standard InChI is InChI=1S/C69H70N14O9S2/c1-6-83(7-2)94(90,91)49-35-47(34-46-21-22-48(37-58(46)92-39-61(87)82-31-13-14-32-82)75-59(85)25-23-50-42(4)73-63(79-67(50)88)54-18-11-12-28-70-54)41(3)56(38-49)77-60(86)26-24-51-43(5)74-65(80-68(51)89)57-36-45(27-29-71-57)53-19-15-20-55(76-53)64-78-66(72-30-33-84)62-52(40-93-69(62)81-64)44-16-9-8-10-17-44/h8-12,15-22,27-29,35-38,40,84H,6-7,13-14,23-26,30-34,39H2,1-5H3,(H,75,85)(H,77,86)(H,72,78,81)(H,73,79,88)(H,74,80,89). The van der Waals surface area contributed by atoms with Gasteiger partial charge in [0.1, 0.15) is 33.5 Å². The zero-order valence-electron chi connectivity index (χ0n) is 52.6. The number of H-pyrrole nitrogens is 2. The number of nitrogens with one attached hydrogen (secondary N) is 5. The maximum absolute atomic E-state index is 14.3. The molecule has 11 rings (SSSR count). The second-order valence-electron chi connectivity index (χ2n) is 22.6. The van der Waals surface area contributed by atoms with Crippen molar-refractivity contribution >= 4 is 66.5 Å². The lowest BCUT2D eigenvalue weighted by Gasteiger charge is -2.22. The highest BCUT2D eigenvalue weighted by molar-refractivity contribution is 7.89. The normalized spacial score (nSPS) is 12.4. The quantitative estimate of drug-likeness (QED) is 0.0310. The number of anilines is 3. The number of carbonyl (C=O) groups excluding carboxylic acids is 3. The van der Waals surface area contributed by atoms with Gasteiger partial charge in [-0.2, -0.15) is 4.31 Å². The van der Waals surface area contributed by atoms with E-state index in [-0.39, 0.29) is 104 Å². The second kappa shape index (κ2) is 29.2. The summed E-state index contributed by atoms with van der Waals surface area (Å²) in [7, 11) is -4.09. The number of rotatable bonds is 25. The summed E-state index contributed by atoms with van der Waals surface area (Å²) in [6.07, 6.45) is 4.92. The Morgan fingerprint density at radius 2 is 1.36 bits per heavy atom. The van der Waals surface area contributed by atoms with E-state index in [4.69, 9.17) is 24.7 Å². The summed E-state index contributed by atoms with van der Waals surface area (Å²) in [6.45, 7) is 10.1. The van der Waals surface area contributed by atoms with Gasteiger partial charge in [-0.25, -0.2) is 33.3 Å². The first-order valence-corrected chi connectivity index (χ1v) is 33.3. The van der Waals surface area contributed by atoms with Crippen LogP contribution in [0.25, 0.3) is 67.2 Å². The zero-order valence-corrected chi connectivity index (χ0v) is 54.2. The maximum Gasteiger partial charge on any atom is 0.260 e. The first-order chi connectivity index (χ1) is 45.5. The molecule has 25 heteroatoms. The van der Waals surface area contributed by atoms with Gasteiger partial charge >= 0.3 is 0 Å². The van der Waals surface area contributed by atoms with Crippen molar-refractivity contribution in [2.75, 3.05) is 61.9 Å². The molecule has 7 aromatic heterocycles. The average Bonchev–Trinajstić information content (AvgIpc) is 1.49. The highest BCUT2D eigenvalue weighted by Gasteiger charge is 2.27. The third-order valence-electron chi connectivity index (χ3n) is 16.4. The summed E-state index contributed by atoms with van der Waals surface area (Å²) >= 11 is 1.49. The number of aliphatic hydroxyl groups is 1. The van der Waals surface area contributed by atoms with Gasteiger partial charge in [0.15, 0.2) is 24.1 Å². The minimum Gasteiger partial charge on any atom is -0.483 e. The number of aromatic nitrogens is 9. The summed E-state index contributed by atoms with van der Waals surface area (Å²) < 4.78 is 36.2. The van der Waals surface area contributed by atoms with E-state index in [1.165, 1.54) is 21.7 Å². The van der Waals surface area contributed by atoms with Crippen molar-refractivity contribution < 1.29 is 32.6 Å². The predicted molar refractivity (Wildman–Crippen MR) is 362 cm³/mol. The molecule has 6 N–H and O–H groups in total. The number of fused-ring (bicyclic) bond motifs is 1. The fourth-order valence-corrected chi connectivity index (χ4v) is 13.8. The minimum absolute atomic E-state index is 0.00737. The number of ether oxygens (including phenoxy) is 1. The maximum atomic E-state index is 14.3. The van der Waals surface area contributed by atoms with Gasteiger partial charge in [0, 0.05) is 121 Å². The Kier molecular flexibility index (Phi) is 20.3. The van der Waals surface area contributed by atoms with E-state index in [1.807, 2.05) is 53.9 Å². The van der Waals surface area contributed by atoms with E-state index in [0.29, 0.717) is 98.2 Å². The molecule has 0 unspecified atom stereocenters. The molecule has 0 atom stereocenters. The van der Waals surface area contributed by atoms with Gasteiger partial charge in [0.05, 0.1) is 22.6 Å². The van der Waals surface area contributed by atoms with Gasteiger partial charge in [-0.1, -0.05) is 62.4 Å². The number of thiophene rings is 1. The molecule has 0 bridgehead atoms. The molecule has 1 aliphatic heterocycles. The summed E-state index contributed by atoms with van der Waals surface area (Å²) in [5.41, 5.74) is 7.53. The number of hydrogen-bond donors (Lipinski definition) is 6. The number of carbonyl (C=O) groups is 3. The predicted octanol–water partition coefficient (Wildman–Crippen LogP) is 9.47. The Labute approximate surface area is 546 Å². The van der Waals surface area contributed by atoms with Crippen LogP contribution in [0.4, 0.5) is 17.2 Å². The largest absolute Gasteiger partial charge is 0.483 e. The molecule has 8 heterocycles. The Morgan fingerprint density at radius 1 is 0.691 bits per heavy atom. The molecular weight excluding hydrogens is 1230 g/mol. The summed E-state index contributed by atoms with van der Waals surface area (Å²) in [6, 6.07) is 32.4. The van der Waals surface area contributed by atoms with Gasteiger partial charge in [-0.15, -0.1) is 11.3 Å². The molecule has 10 aromatic rings. The molecule has 0 spiro atoms. The van der Waals surface area contributed by atoms with E-state index in [9.17, 15) is 37.5 Å². The molecule has 23 nitrogen and oxygen atoms in total. The van der Waals surface area contributed by atoms with E-state index >= 15 is 0 Å². The smallest absolute Gasteiger partial charge is 0.260 e. The Bertz CT molecular complexity index is 4710. The molecule has 94 heavy (non-hydrogen) atoms. The second-order valence-corrected chi connectivity index (χ2v) is 25.4. The number of pyridine rings is 3. The van der Waals surface area contributed by atoms with Gasteiger partial charge in [0.25, 0.3) is 17.0 Å². The van der Waals surface area contributed by atoms with Crippen LogP contribution in [0.2, 0.25) is 0 Å². The fourth-order valence-electron chi connectivity index (χ4n) is 11.3. The van der Waals surface area contributed by atoms with Crippen molar-refractivity contribution in [1.82, 2.24) is 54.1 Å². The number of benzene rings is 3. The van der Waals surface area contributed by atoms with Crippen LogP contribution in [-0.2, 0) is 43.7 Å². The average molecular weight is 1300 g/mol. The molecule has 0 radical (unpaired) electrons. The Morgan fingerprint density at radius 3 is 2.04 bits per heavy atom. The molecule has 482 valence electrons. The van der Waals surface area contributed by atoms with Crippen LogP contribution in [0.1, 0.15) is 78.7 Å². The van der Waals surface area contributed by atoms with Crippen LogP contribution in [0, 0.1) is 20.8 Å². The van der Waals surface area contributed by atoms with Gasteiger partial charge in [-0.05, 0) is 123 Å². The zero-order chi connectivity index (χ0) is 66.0. The number of nitrogens with zero attached hydrogens (tertiary/aromatic N) is 9. The fraction of sp³-hybridized carbons (Fsp3) is 0.275. The van der Waals surface area contributed by atoms with Gasteiger partial charge in [-0.3, -0.25) is 33.9 Å². The lowest BCUT2D eigenvalue weighted by molar-refractivity contribution is -0.132. The van der Waals surface area contributed by atoms with Crippen LogP contribution in [0.5, 0.6) is 5.75 Å². The molecule has 0 aliphatic carbocycles. The van der Waals surface area contributed by atoms with Crippen LogP contribution in [0.3, 0.4) is 0 Å². The highest BCUT2D eigenvalue weighted by atomic mass is 32.2. The van der Waals surface area contributed by atoms with E-state index in [1.54, 1.807) is 107 Å². The van der Waals surface area contributed by atoms with E-state index in [2.05, 4.69) is 40.9 Å². The van der Waals surface area contributed by atoms with Crippen molar-refractivity contribution in [2.45, 2.75) is 84.5 Å². The van der Waals surface area contributed by atoms with Crippen LogP contribution < -0.4 is 31.8 Å². The molecule has 1 saturated heterocycles. The number of amides is 3. The van der Waals surface area contributed by atoms with Crippen molar-refractivity contribution in [3.05, 3.63) is 187 Å². The van der Waals surface area contributed by atoms with Crippen molar-refractivity contribution in [2.24, 2.45) is 0 Å². The summed E-state index contributed by atoms with van der Waals surface area (Å²) in [5, 5.41) is 21.7. The number of aryl methyl sites for hydroxylation is 2. The third kappa shape index (κ3) is 14.8. The van der Waals surface area contributed by atoms with E-state index < -0.39 is 27.4 Å². The molecule has 1 fully saturated rings. The van der Waals surface area contributed by atoms with Gasteiger partial charge < -0.3 is 40.7 Å². The number of aromatic amines is 2. The van der Waals surface area contributed by atoms with Crippen LogP contribution in [0.15, 0.2) is 141 Å². The third-order valence-corrected chi connectivity index (χ3v) is 19.3. The SMILES string of the molecule is CCN(CC)S(=O)(=O)c1cc(Cc2ccc(NC(=O)CCc3c(C)nc(-c4ccccn4)[nH]c3=O)cc2OCC(=O)N2CCCC2)c(C)c(NC(=O)CCc2c(C)nc(-c3cc(-c4cccc(-c5nc(NCCO)c6c(-c7ccccc7)csc6n5)n4)ccn3)[nH]c2=O)c1. The summed E-state index contributed by atoms with van der Waals surface area (Å²) in [4.78, 5) is 109. The van der Waals surface area contributed by atoms with E-state index in [0.717, 1.165) is 34.2 Å². The number of likely N-dealkylation sites (tertiary alicyclic amines) is 1. The molecule has 0 saturated carbocycles. The number of aliphatic hydroxyl groups excluding tert-OH is 1. The molecule has 1 aliphatic rings. The number of sulfonamides is 1. The number of hydrogen-bond acceptors (Lipinski definition) is 18. The monoisotopic (exact) mass is 1300 g/mol. The van der Waals surface area contributed by atoms with Crippen LogP contribution >= 0.6 is 11.3 Å². The van der Waals surface area contributed by atoms with Gasteiger partial charge in [0.2, 0.25) is 21.8 Å². The molecular formula is C69H70N14O9S2. The Hall–Kier alpha value is -10.2. The van der Waals surface area contributed by atoms with Crippen molar-refractivity contribution in [3.8, 4) is 62.7 Å². The van der Waals surface area contributed by atoms with Crippen LogP contribution in [-0.4, -0.2) is 131 Å². The highest BCUT2D eigenvalue weighted by Crippen LogP contribution is 2.39. The lowest BCUT2D eigenvalue weighted by atomic mass is 9.98. The molecule has 3 amide bonds. The van der Waals surface area contributed by atoms with Crippen molar-refractivity contribution in [3.63, 3.8) is 0 Å². The minimum atomic E-state index is -4.09.